The highest BCUT2D eigenvalue weighted by molar-refractivity contribution is 6.30. The first-order valence-corrected chi connectivity index (χ1v) is 6.72. The number of piperidine rings is 1. The average molecular weight is 282 g/mol. The minimum Gasteiger partial charge on any atom is -0.342 e. The highest BCUT2D eigenvalue weighted by Crippen LogP contribution is 2.09. The van der Waals surface area contributed by atoms with Gasteiger partial charge in [-0.3, -0.25) is 14.6 Å². The smallest absolute Gasteiger partial charge is 0.270 e. The molecule has 0 radical (unpaired) electrons. The second kappa shape index (κ2) is 6.52. The van der Waals surface area contributed by atoms with Gasteiger partial charge in [-0.25, -0.2) is 0 Å². The molecule has 1 aliphatic heterocycles. The Bertz CT molecular complexity index is 473. The van der Waals surface area contributed by atoms with Gasteiger partial charge < -0.3 is 10.2 Å². The molecule has 0 aromatic carbocycles. The van der Waals surface area contributed by atoms with Gasteiger partial charge in [-0.15, -0.1) is 0 Å². The van der Waals surface area contributed by atoms with Gasteiger partial charge >= 0.3 is 0 Å². The summed E-state index contributed by atoms with van der Waals surface area (Å²) in [5.41, 5.74) is 0.221. The van der Waals surface area contributed by atoms with Crippen LogP contribution >= 0.6 is 11.6 Å². The molecule has 0 aliphatic carbocycles. The maximum Gasteiger partial charge on any atom is 0.270 e. The fourth-order valence-corrected chi connectivity index (χ4v) is 2.19. The van der Waals surface area contributed by atoms with Crippen molar-refractivity contribution in [2.75, 3.05) is 19.6 Å². The topological polar surface area (TPSA) is 62.3 Å². The van der Waals surface area contributed by atoms with E-state index in [0.29, 0.717) is 5.02 Å². The molecule has 0 atom stereocenters. The Morgan fingerprint density at radius 3 is 2.74 bits per heavy atom. The van der Waals surface area contributed by atoms with E-state index in [1.165, 1.54) is 18.7 Å². The van der Waals surface area contributed by atoms with Crippen LogP contribution in [-0.2, 0) is 4.79 Å². The first kappa shape index (κ1) is 13.8. The third-order valence-corrected chi connectivity index (χ3v) is 3.30. The van der Waals surface area contributed by atoms with Gasteiger partial charge in [-0.1, -0.05) is 11.6 Å². The highest BCUT2D eigenvalue weighted by Gasteiger charge is 2.17. The van der Waals surface area contributed by atoms with Gasteiger partial charge in [-0.2, -0.15) is 0 Å². The van der Waals surface area contributed by atoms with Crippen LogP contribution in [0.25, 0.3) is 0 Å². The molecule has 1 saturated heterocycles. The van der Waals surface area contributed by atoms with E-state index < -0.39 is 0 Å². The Morgan fingerprint density at radius 2 is 2.05 bits per heavy atom. The number of halogens is 1. The van der Waals surface area contributed by atoms with Gasteiger partial charge in [0.1, 0.15) is 5.69 Å². The lowest BCUT2D eigenvalue weighted by atomic mass is 10.1. The van der Waals surface area contributed by atoms with E-state index in [0.717, 1.165) is 25.9 Å². The minimum atomic E-state index is -0.382. The molecule has 0 unspecified atom stereocenters. The number of carbonyl (C=O) groups excluding carboxylic acids is 2. The van der Waals surface area contributed by atoms with Crippen LogP contribution in [0.3, 0.4) is 0 Å². The molecule has 0 saturated carbocycles. The SMILES string of the molecule is O=C(NCC(=O)N1CCCCC1)c1cc(Cl)ccn1. The summed E-state index contributed by atoms with van der Waals surface area (Å²) in [4.78, 5) is 29.3. The van der Waals surface area contributed by atoms with Crippen molar-refractivity contribution in [3.05, 3.63) is 29.0 Å². The van der Waals surface area contributed by atoms with Crippen molar-refractivity contribution in [3.63, 3.8) is 0 Å². The first-order valence-electron chi connectivity index (χ1n) is 6.34. The molecule has 0 bridgehead atoms. The van der Waals surface area contributed by atoms with E-state index in [9.17, 15) is 9.59 Å². The largest absolute Gasteiger partial charge is 0.342 e. The summed E-state index contributed by atoms with van der Waals surface area (Å²) in [6.45, 7) is 1.57. The van der Waals surface area contributed by atoms with Crippen LogP contribution in [0.2, 0.25) is 5.02 Å². The molecule has 102 valence electrons. The number of amides is 2. The molecule has 2 amide bonds. The van der Waals surface area contributed by atoms with E-state index in [4.69, 9.17) is 11.6 Å². The summed E-state index contributed by atoms with van der Waals surface area (Å²) >= 11 is 5.78. The van der Waals surface area contributed by atoms with E-state index in [-0.39, 0.29) is 24.1 Å². The van der Waals surface area contributed by atoms with Crippen molar-refractivity contribution < 1.29 is 9.59 Å². The third-order valence-electron chi connectivity index (χ3n) is 3.06. The van der Waals surface area contributed by atoms with Crippen LogP contribution in [0.4, 0.5) is 0 Å². The van der Waals surface area contributed by atoms with E-state index in [2.05, 4.69) is 10.3 Å². The zero-order valence-electron chi connectivity index (χ0n) is 10.6. The van der Waals surface area contributed by atoms with Gasteiger partial charge in [0.15, 0.2) is 0 Å². The summed E-state index contributed by atoms with van der Waals surface area (Å²) in [5, 5.41) is 3.02. The first-order chi connectivity index (χ1) is 9.16. The number of nitrogens with one attached hydrogen (secondary N) is 1. The van der Waals surface area contributed by atoms with Gasteiger partial charge in [0.05, 0.1) is 6.54 Å². The van der Waals surface area contributed by atoms with Crippen molar-refractivity contribution in [2.24, 2.45) is 0 Å². The second-order valence-electron chi connectivity index (χ2n) is 4.48. The van der Waals surface area contributed by atoms with Crippen LogP contribution in [0.5, 0.6) is 0 Å². The summed E-state index contributed by atoms with van der Waals surface area (Å²) in [7, 11) is 0. The number of aromatic nitrogens is 1. The van der Waals surface area contributed by atoms with Crippen LogP contribution in [-0.4, -0.2) is 41.3 Å². The molecule has 1 aromatic rings. The van der Waals surface area contributed by atoms with E-state index in [1.54, 1.807) is 11.0 Å². The lowest BCUT2D eigenvalue weighted by Gasteiger charge is -2.26. The quantitative estimate of drug-likeness (QED) is 0.913. The Kier molecular flexibility index (Phi) is 4.74. The molecular formula is C13H16ClN3O2. The van der Waals surface area contributed by atoms with Gasteiger partial charge in [0.2, 0.25) is 5.91 Å². The van der Waals surface area contributed by atoms with Crippen molar-refractivity contribution in [3.8, 4) is 0 Å². The average Bonchev–Trinajstić information content (AvgIpc) is 2.45. The zero-order chi connectivity index (χ0) is 13.7. The maximum atomic E-state index is 11.9. The maximum absolute atomic E-state index is 11.9. The second-order valence-corrected chi connectivity index (χ2v) is 4.92. The van der Waals surface area contributed by atoms with Crippen LogP contribution in [0.15, 0.2) is 18.3 Å². The summed E-state index contributed by atoms with van der Waals surface area (Å²) < 4.78 is 0. The van der Waals surface area contributed by atoms with Crippen molar-refractivity contribution >= 4 is 23.4 Å². The van der Waals surface area contributed by atoms with Gasteiger partial charge in [0, 0.05) is 24.3 Å². The third kappa shape index (κ3) is 3.92. The van der Waals surface area contributed by atoms with Crippen molar-refractivity contribution in [2.45, 2.75) is 19.3 Å². The zero-order valence-corrected chi connectivity index (χ0v) is 11.3. The molecule has 1 N–H and O–H groups in total. The summed E-state index contributed by atoms with van der Waals surface area (Å²) in [6, 6.07) is 3.07. The monoisotopic (exact) mass is 281 g/mol. The van der Waals surface area contributed by atoms with E-state index in [1.807, 2.05) is 0 Å². The minimum absolute atomic E-state index is 0.00697. The summed E-state index contributed by atoms with van der Waals surface area (Å²) in [5.74, 6) is -0.428. The Hall–Kier alpha value is -1.62. The Balaban J connectivity index is 1.84. The number of likely N-dealkylation sites (tertiary alicyclic amines) is 1. The number of hydrogen-bond donors (Lipinski definition) is 1. The van der Waals surface area contributed by atoms with E-state index >= 15 is 0 Å². The van der Waals surface area contributed by atoms with Crippen LogP contribution < -0.4 is 5.32 Å². The summed E-state index contributed by atoms with van der Waals surface area (Å²) in [6.07, 6.45) is 4.71. The standard InChI is InChI=1S/C13H16ClN3O2/c14-10-4-5-15-11(8-10)13(19)16-9-12(18)17-6-2-1-3-7-17/h4-5,8H,1-3,6-7,9H2,(H,16,19). The Morgan fingerprint density at radius 1 is 1.32 bits per heavy atom. The fourth-order valence-electron chi connectivity index (χ4n) is 2.03. The lowest BCUT2D eigenvalue weighted by Crippen LogP contribution is -2.42. The van der Waals surface area contributed by atoms with Gasteiger partial charge in [-0.05, 0) is 31.4 Å². The predicted octanol–water partition coefficient (Wildman–Crippen LogP) is 1.48. The number of nitrogens with zero attached hydrogens (tertiary/aromatic N) is 2. The lowest BCUT2D eigenvalue weighted by molar-refractivity contribution is -0.130. The normalized spacial score (nSPS) is 15.1. The van der Waals surface area contributed by atoms with Crippen molar-refractivity contribution in [1.29, 1.82) is 0 Å². The van der Waals surface area contributed by atoms with Crippen molar-refractivity contribution in [1.82, 2.24) is 15.2 Å². The molecule has 1 aliphatic rings. The number of hydrogen-bond acceptors (Lipinski definition) is 3. The number of carbonyl (C=O) groups is 2. The molecule has 1 fully saturated rings. The number of pyridine rings is 1. The van der Waals surface area contributed by atoms with Crippen LogP contribution in [0, 0.1) is 0 Å². The molecule has 0 spiro atoms. The number of rotatable bonds is 3. The Labute approximate surface area is 117 Å². The van der Waals surface area contributed by atoms with Gasteiger partial charge in [0.25, 0.3) is 5.91 Å². The molecule has 2 rings (SSSR count). The molecule has 2 heterocycles. The fraction of sp³-hybridized carbons (Fsp3) is 0.462. The molecular weight excluding hydrogens is 266 g/mol. The predicted molar refractivity (Wildman–Crippen MR) is 72.0 cm³/mol. The van der Waals surface area contributed by atoms with Crippen LogP contribution in [0.1, 0.15) is 29.8 Å². The highest BCUT2D eigenvalue weighted by atomic mass is 35.5. The molecule has 19 heavy (non-hydrogen) atoms. The molecule has 6 heteroatoms. The molecule has 1 aromatic heterocycles. The molecule has 5 nitrogen and oxygen atoms in total.